The number of carboxylic acids is 1. The minimum absolute atomic E-state index is 0.191. The van der Waals surface area contributed by atoms with Crippen molar-refractivity contribution >= 4 is 12.1 Å². The highest BCUT2D eigenvalue weighted by Crippen LogP contribution is 2.47. The van der Waals surface area contributed by atoms with Crippen molar-refractivity contribution in [3.05, 3.63) is 12.7 Å². The molecule has 1 heterocycles. The lowest BCUT2D eigenvalue weighted by molar-refractivity contribution is -0.140. The van der Waals surface area contributed by atoms with Crippen molar-refractivity contribution in [3.8, 4) is 0 Å². The monoisotopic (exact) mass is 239 g/mol. The van der Waals surface area contributed by atoms with Gasteiger partial charge in [-0.15, -0.1) is 0 Å². The third-order valence-electron chi connectivity index (χ3n) is 3.74. The Bertz CT molecular complexity index is 341. The van der Waals surface area contributed by atoms with Crippen LogP contribution in [0.3, 0.4) is 0 Å². The number of amides is 1. The lowest BCUT2D eigenvalue weighted by atomic mass is 9.68. The second-order valence-electron chi connectivity index (χ2n) is 4.67. The molecule has 1 saturated heterocycles. The highest BCUT2D eigenvalue weighted by Gasteiger charge is 2.50. The van der Waals surface area contributed by atoms with E-state index in [0.29, 0.717) is 12.5 Å². The molecule has 94 valence electrons. The number of rotatable bonds is 4. The van der Waals surface area contributed by atoms with Crippen LogP contribution >= 0.6 is 0 Å². The Kier molecular flexibility index (Phi) is 3.36. The minimum Gasteiger partial charge on any atom is -0.481 e. The number of nitrogens with zero attached hydrogens (tertiary/aromatic N) is 1. The second kappa shape index (κ2) is 4.77. The number of aliphatic carboxylic acids is 1. The Morgan fingerprint density at radius 1 is 1.53 bits per heavy atom. The first kappa shape index (κ1) is 12.0. The molecule has 1 N–H and O–H groups in total. The van der Waals surface area contributed by atoms with Crippen LogP contribution in [0.1, 0.15) is 19.3 Å². The normalized spacial score (nSPS) is 30.4. The largest absolute Gasteiger partial charge is 0.481 e. The zero-order chi connectivity index (χ0) is 12.4. The molecule has 2 aliphatic rings. The van der Waals surface area contributed by atoms with Gasteiger partial charge in [0.2, 0.25) is 0 Å². The van der Waals surface area contributed by atoms with Crippen LogP contribution in [0.2, 0.25) is 0 Å². The van der Waals surface area contributed by atoms with Crippen molar-refractivity contribution in [3.63, 3.8) is 0 Å². The van der Waals surface area contributed by atoms with E-state index in [1.165, 1.54) is 0 Å². The molecular weight excluding hydrogens is 222 g/mol. The molecule has 2 fully saturated rings. The van der Waals surface area contributed by atoms with Gasteiger partial charge < -0.3 is 14.7 Å². The maximum atomic E-state index is 11.7. The van der Waals surface area contributed by atoms with Gasteiger partial charge in [0.25, 0.3) is 0 Å². The number of carbonyl (C=O) groups excluding carboxylic acids is 1. The first-order valence-corrected chi connectivity index (χ1v) is 5.89. The van der Waals surface area contributed by atoms with Gasteiger partial charge in [0.1, 0.15) is 6.61 Å². The van der Waals surface area contributed by atoms with E-state index in [-0.39, 0.29) is 31.1 Å². The molecule has 3 atom stereocenters. The van der Waals surface area contributed by atoms with Crippen LogP contribution in [0.5, 0.6) is 0 Å². The molecule has 2 rings (SSSR count). The zero-order valence-corrected chi connectivity index (χ0v) is 9.67. The second-order valence-corrected chi connectivity index (χ2v) is 4.67. The van der Waals surface area contributed by atoms with Crippen LogP contribution in [-0.4, -0.2) is 41.3 Å². The molecule has 3 unspecified atom stereocenters. The molecule has 1 amide bonds. The van der Waals surface area contributed by atoms with Gasteiger partial charge in [0.05, 0.1) is 0 Å². The number of fused-ring (bicyclic) bond motifs is 1. The number of ether oxygens (including phenoxy) is 1. The van der Waals surface area contributed by atoms with Crippen molar-refractivity contribution in [1.29, 1.82) is 0 Å². The molecule has 1 aliphatic heterocycles. The average molecular weight is 239 g/mol. The maximum Gasteiger partial charge on any atom is 0.410 e. The third-order valence-corrected chi connectivity index (χ3v) is 3.74. The van der Waals surface area contributed by atoms with Crippen LogP contribution in [0, 0.1) is 11.8 Å². The number of hydrogen-bond donors (Lipinski definition) is 1. The molecule has 5 nitrogen and oxygen atoms in total. The lowest BCUT2D eigenvalue weighted by Gasteiger charge is -2.42. The van der Waals surface area contributed by atoms with Crippen LogP contribution in [0.15, 0.2) is 12.7 Å². The first-order chi connectivity index (χ1) is 8.13. The molecule has 0 aromatic rings. The lowest BCUT2D eigenvalue weighted by Crippen LogP contribution is -2.48. The molecule has 0 radical (unpaired) electrons. The van der Waals surface area contributed by atoms with Crippen LogP contribution < -0.4 is 0 Å². The summed E-state index contributed by atoms with van der Waals surface area (Å²) in [6.45, 7) is 4.40. The molecular formula is C12H17NO4. The summed E-state index contributed by atoms with van der Waals surface area (Å²) >= 11 is 0. The van der Waals surface area contributed by atoms with E-state index in [2.05, 4.69) is 6.58 Å². The summed E-state index contributed by atoms with van der Waals surface area (Å²) in [6, 6.07) is 0.191. The zero-order valence-electron chi connectivity index (χ0n) is 9.67. The molecule has 5 heteroatoms. The Morgan fingerprint density at radius 2 is 2.29 bits per heavy atom. The smallest absolute Gasteiger partial charge is 0.410 e. The molecule has 0 aromatic heterocycles. The predicted octanol–water partition coefficient (Wildman–Crippen LogP) is 1.49. The summed E-state index contributed by atoms with van der Waals surface area (Å²) in [4.78, 5) is 24.0. The van der Waals surface area contributed by atoms with Gasteiger partial charge in [-0.05, 0) is 24.7 Å². The van der Waals surface area contributed by atoms with E-state index in [4.69, 9.17) is 9.84 Å². The summed E-state index contributed by atoms with van der Waals surface area (Å²) in [5.74, 6) is -0.168. The van der Waals surface area contributed by atoms with E-state index in [9.17, 15) is 9.59 Å². The summed E-state index contributed by atoms with van der Waals surface area (Å²) in [5, 5.41) is 8.74. The summed E-state index contributed by atoms with van der Waals surface area (Å²) in [7, 11) is 0. The molecule has 1 saturated carbocycles. The van der Waals surface area contributed by atoms with Crippen LogP contribution in [-0.2, 0) is 9.53 Å². The number of hydrogen-bond acceptors (Lipinski definition) is 3. The Hall–Kier alpha value is -1.52. The van der Waals surface area contributed by atoms with Crippen molar-refractivity contribution < 1.29 is 19.4 Å². The van der Waals surface area contributed by atoms with Crippen molar-refractivity contribution in [2.75, 3.05) is 13.2 Å². The standard InChI is InChI=1S/C12H17NO4/c1-2-5-17-12(16)13-4-3-9-8(6-10(9)13)7-11(14)15/h2,8-10H,1,3-7H2,(H,14,15). The molecule has 0 spiro atoms. The van der Waals surface area contributed by atoms with E-state index >= 15 is 0 Å². The fourth-order valence-corrected chi connectivity index (χ4v) is 2.92. The quantitative estimate of drug-likeness (QED) is 0.755. The highest BCUT2D eigenvalue weighted by atomic mass is 16.6. The topological polar surface area (TPSA) is 66.8 Å². The first-order valence-electron chi connectivity index (χ1n) is 5.89. The van der Waals surface area contributed by atoms with E-state index < -0.39 is 5.97 Å². The van der Waals surface area contributed by atoms with Gasteiger partial charge in [-0.25, -0.2) is 4.79 Å². The van der Waals surface area contributed by atoms with Gasteiger partial charge in [-0.3, -0.25) is 4.79 Å². The molecule has 0 aromatic carbocycles. The van der Waals surface area contributed by atoms with Crippen molar-refractivity contribution in [2.24, 2.45) is 11.8 Å². The van der Waals surface area contributed by atoms with E-state index in [1.807, 2.05) is 0 Å². The highest BCUT2D eigenvalue weighted by molar-refractivity contribution is 5.70. The van der Waals surface area contributed by atoms with Gasteiger partial charge in [0.15, 0.2) is 0 Å². The number of likely N-dealkylation sites (tertiary alicyclic amines) is 1. The molecule has 0 bridgehead atoms. The fraction of sp³-hybridized carbons (Fsp3) is 0.667. The van der Waals surface area contributed by atoms with Crippen LogP contribution in [0.25, 0.3) is 0 Å². The van der Waals surface area contributed by atoms with Crippen molar-refractivity contribution in [1.82, 2.24) is 4.90 Å². The van der Waals surface area contributed by atoms with Gasteiger partial charge in [-0.2, -0.15) is 0 Å². The Morgan fingerprint density at radius 3 is 2.94 bits per heavy atom. The molecule has 17 heavy (non-hydrogen) atoms. The number of carboxylic acid groups (broad SMARTS) is 1. The summed E-state index contributed by atoms with van der Waals surface area (Å²) < 4.78 is 5.00. The van der Waals surface area contributed by atoms with Crippen molar-refractivity contribution in [2.45, 2.75) is 25.3 Å². The van der Waals surface area contributed by atoms with Gasteiger partial charge in [-0.1, -0.05) is 12.7 Å². The SMILES string of the molecule is C=CCOC(=O)N1CCC2C(CC(=O)O)CC21. The summed E-state index contributed by atoms with van der Waals surface area (Å²) in [6.07, 6.45) is 3.15. The maximum absolute atomic E-state index is 11.7. The van der Waals surface area contributed by atoms with E-state index in [1.54, 1.807) is 11.0 Å². The van der Waals surface area contributed by atoms with Crippen LogP contribution in [0.4, 0.5) is 4.79 Å². The predicted molar refractivity (Wildman–Crippen MR) is 60.5 cm³/mol. The third kappa shape index (κ3) is 2.28. The van der Waals surface area contributed by atoms with Gasteiger partial charge in [0, 0.05) is 19.0 Å². The van der Waals surface area contributed by atoms with Gasteiger partial charge >= 0.3 is 12.1 Å². The average Bonchev–Trinajstić information content (AvgIpc) is 2.60. The Labute approximate surface area is 100 Å². The Balaban J connectivity index is 1.84. The summed E-state index contributed by atoms with van der Waals surface area (Å²) in [5.41, 5.74) is 0. The molecule has 1 aliphatic carbocycles. The minimum atomic E-state index is -0.749. The van der Waals surface area contributed by atoms with E-state index in [0.717, 1.165) is 12.8 Å². The fourth-order valence-electron chi connectivity index (χ4n) is 2.92. The number of carbonyl (C=O) groups is 2.